The highest BCUT2D eigenvalue weighted by Crippen LogP contribution is 2.21. The molecule has 4 nitrogen and oxygen atoms in total. The molecule has 0 heterocycles. The summed E-state index contributed by atoms with van der Waals surface area (Å²) in [6.45, 7) is 5.18. The number of carbonyl (C=O) groups is 2. The molecular formula is C19H20F2N2O2. The number of nitrogens with one attached hydrogen (secondary N) is 1. The van der Waals surface area contributed by atoms with Gasteiger partial charge >= 0.3 is 0 Å². The van der Waals surface area contributed by atoms with Crippen molar-refractivity contribution in [2.45, 2.75) is 27.2 Å². The lowest BCUT2D eigenvalue weighted by molar-refractivity contribution is -0.117. The minimum Gasteiger partial charge on any atom is -0.326 e. The Labute approximate surface area is 145 Å². The van der Waals surface area contributed by atoms with E-state index in [0.717, 1.165) is 22.1 Å². The van der Waals surface area contributed by atoms with Crippen LogP contribution in [0.2, 0.25) is 0 Å². The molecule has 0 aromatic heterocycles. The van der Waals surface area contributed by atoms with Gasteiger partial charge in [0.25, 0.3) is 0 Å². The van der Waals surface area contributed by atoms with Gasteiger partial charge in [0, 0.05) is 31.6 Å². The first-order chi connectivity index (χ1) is 11.8. The number of aryl methyl sites for hydroxylation is 2. The van der Waals surface area contributed by atoms with E-state index in [1.807, 2.05) is 26.0 Å². The molecule has 2 aromatic carbocycles. The van der Waals surface area contributed by atoms with E-state index in [9.17, 15) is 18.4 Å². The number of hydrogen-bond donors (Lipinski definition) is 1. The summed E-state index contributed by atoms with van der Waals surface area (Å²) in [4.78, 5) is 25.0. The highest BCUT2D eigenvalue weighted by atomic mass is 19.1. The SMILES string of the molecule is CC(=O)N(CCC(=O)Nc1ccc(C)c(C)c1)c1ccc(F)cc1F. The number of anilines is 2. The second-order valence-electron chi connectivity index (χ2n) is 5.86. The molecule has 0 atom stereocenters. The maximum absolute atomic E-state index is 13.9. The van der Waals surface area contributed by atoms with Crippen molar-refractivity contribution in [2.75, 3.05) is 16.8 Å². The van der Waals surface area contributed by atoms with Crippen LogP contribution < -0.4 is 10.2 Å². The van der Waals surface area contributed by atoms with Crippen LogP contribution in [0.4, 0.5) is 20.2 Å². The zero-order valence-electron chi connectivity index (χ0n) is 14.4. The van der Waals surface area contributed by atoms with Crippen LogP contribution in [0.25, 0.3) is 0 Å². The second kappa shape index (κ2) is 7.88. The molecule has 6 heteroatoms. The van der Waals surface area contributed by atoms with Crippen molar-refractivity contribution in [1.29, 1.82) is 0 Å². The molecule has 0 radical (unpaired) electrons. The highest BCUT2D eigenvalue weighted by molar-refractivity contribution is 5.94. The number of benzene rings is 2. The van der Waals surface area contributed by atoms with E-state index in [4.69, 9.17) is 0 Å². The Bertz CT molecular complexity index is 806. The quantitative estimate of drug-likeness (QED) is 0.891. The van der Waals surface area contributed by atoms with Gasteiger partial charge in [0.05, 0.1) is 5.69 Å². The van der Waals surface area contributed by atoms with E-state index in [1.54, 1.807) is 6.07 Å². The molecule has 2 aromatic rings. The maximum Gasteiger partial charge on any atom is 0.226 e. The van der Waals surface area contributed by atoms with Crippen LogP contribution >= 0.6 is 0 Å². The largest absolute Gasteiger partial charge is 0.326 e. The first kappa shape index (κ1) is 18.6. The van der Waals surface area contributed by atoms with Crippen molar-refractivity contribution in [3.8, 4) is 0 Å². The molecule has 0 saturated heterocycles. The third kappa shape index (κ3) is 4.86. The topological polar surface area (TPSA) is 49.4 Å². The molecular weight excluding hydrogens is 326 g/mol. The van der Waals surface area contributed by atoms with E-state index in [1.165, 1.54) is 13.0 Å². The van der Waals surface area contributed by atoms with Gasteiger partial charge in [-0.15, -0.1) is 0 Å². The summed E-state index contributed by atoms with van der Waals surface area (Å²) in [6, 6.07) is 8.52. The Morgan fingerprint density at radius 1 is 1.04 bits per heavy atom. The molecule has 25 heavy (non-hydrogen) atoms. The molecule has 0 unspecified atom stereocenters. The first-order valence-corrected chi connectivity index (χ1v) is 7.88. The minimum absolute atomic E-state index is 0.00539. The molecule has 0 spiro atoms. The lowest BCUT2D eigenvalue weighted by Crippen LogP contribution is -2.32. The van der Waals surface area contributed by atoms with Crippen molar-refractivity contribution < 1.29 is 18.4 Å². The van der Waals surface area contributed by atoms with Gasteiger partial charge in [-0.3, -0.25) is 9.59 Å². The Kier molecular flexibility index (Phi) is 5.85. The lowest BCUT2D eigenvalue weighted by atomic mass is 10.1. The van der Waals surface area contributed by atoms with Gasteiger partial charge in [-0.2, -0.15) is 0 Å². The number of nitrogens with zero attached hydrogens (tertiary/aromatic N) is 1. The summed E-state index contributed by atoms with van der Waals surface area (Å²) >= 11 is 0. The molecule has 0 aliphatic carbocycles. The number of amides is 2. The number of halogens is 2. The van der Waals surface area contributed by atoms with Gasteiger partial charge in [0.1, 0.15) is 11.6 Å². The standard InChI is InChI=1S/C19H20F2N2O2/c1-12-4-6-16(10-13(12)2)22-19(25)8-9-23(14(3)24)18-7-5-15(20)11-17(18)21/h4-7,10-11H,8-9H2,1-3H3,(H,22,25). The van der Waals surface area contributed by atoms with E-state index in [0.29, 0.717) is 11.8 Å². The molecule has 2 amide bonds. The van der Waals surface area contributed by atoms with Crippen molar-refractivity contribution in [3.63, 3.8) is 0 Å². The zero-order valence-corrected chi connectivity index (χ0v) is 14.4. The normalized spacial score (nSPS) is 10.4. The molecule has 1 N–H and O–H groups in total. The van der Waals surface area contributed by atoms with Crippen LogP contribution in [0.15, 0.2) is 36.4 Å². The fourth-order valence-corrected chi connectivity index (χ4v) is 2.40. The van der Waals surface area contributed by atoms with Gasteiger partial charge in [0.2, 0.25) is 11.8 Å². The van der Waals surface area contributed by atoms with Crippen LogP contribution in [-0.4, -0.2) is 18.4 Å². The summed E-state index contributed by atoms with van der Waals surface area (Å²) in [6.07, 6.45) is -0.0106. The average molecular weight is 346 g/mol. The van der Waals surface area contributed by atoms with Gasteiger partial charge in [-0.1, -0.05) is 6.07 Å². The van der Waals surface area contributed by atoms with Crippen LogP contribution in [-0.2, 0) is 9.59 Å². The molecule has 132 valence electrons. The van der Waals surface area contributed by atoms with Crippen molar-refractivity contribution in [2.24, 2.45) is 0 Å². The molecule has 0 saturated carbocycles. The average Bonchev–Trinajstić information content (AvgIpc) is 2.52. The zero-order chi connectivity index (χ0) is 18.6. The van der Waals surface area contributed by atoms with Gasteiger partial charge in [-0.05, 0) is 49.2 Å². The number of hydrogen-bond acceptors (Lipinski definition) is 2. The number of carbonyl (C=O) groups excluding carboxylic acids is 2. The van der Waals surface area contributed by atoms with E-state index >= 15 is 0 Å². The third-order valence-electron chi connectivity index (χ3n) is 3.93. The molecule has 2 rings (SSSR count). The summed E-state index contributed by atoms with van der Waals surface area (Å²) in [5.74, 6) is -2.29. The van der Waals surface area contributed by atoms with E-state index < -0.39 is 17.5 Å². The van der Waals surface area contributed by atoms with Gasteiger partial charge < -0.3 is 10.2 Å². The van der Waals surface area contributed by atoms with E-state index in [2.05, 4.69) is 5.32 Å². The smallest absolute Gasteiger partial charge is 0.226 e. The molecule has 0 aliphatic heterocycles. The fraction of sp³-hybridized carbons (Fsp3) is 0.263. The van der Waals surface area contributed by atoms with Crippen molar-refractivity contribution in [3.05, 3.63) is 59.2 Å². The second-order valence-corrected chi connectivity index (χ2v) is 5.86. The maximum atomic E-state index is 13.9. The van der Waals surface area contributed by atoms with Gasteiger partial charge in [0.15, 0.2) is 0 Å². The lowest BCUT2D eigenvalue weighted by Gasteiger charge is -2.21. The summed E-state index contributed by atoms with van der Waals surface area (Å²) in [5.41, 5.74) is 2.78. The Morgan fingerprint density at radius 3 is 2.36 bits per heavy atom. The predicted molar refractivity (Wildman–Crippen MR) is 93.5 cm³/mol. The predicted octanol–water partition coefficient (Wildman–Crippen LogP) is 3.96. The Hall–Kier alpha value is -2.76. The summed E-state index contributed by atoms with van der Waals surface area (Å²) in [7, 11) is 0. The Morgan fingerprint density at radius 2 is 1.76 bits per heavy atom. The van der Waals surface area contributed by atoms with Crippen molar-refractivity contribution >= 4 is 23.2 Å². The van der Waals surface area contributed by atoms with E-state index in [-0.39, 0.29) is 24.6 Å². The van der Waals surface area contributed by atoms with Crippen LogP contribution in [0.1, 0.15) is 24.5 Å². The van der Waals surface area contributed by atoms with Crippen LogP contribution in [0.3, 0.4) is 0 Å². The monoisotopic (exact) mass is 346 g/mol. The minimum atomic E-state index is -0.843. The van der Waals surface area contributed by atoms with Gasteiger partial charge in [-0.25, -0.2) is 8.78 Å². The summed E-state index contributed by atoms with van der Waals surface area (Å²) < 4.78 is 26.9. The third-order valence-corrected chi connectivity index (χ3v) is 3.93. The fourth-order valence-electron chi connectivity index (χ4n) is 2.40. The first-order valence-electron chi connectivity index (χ1n) is 7.88. The van der Waals surface area contributed by atoms with Crippen molar-refractivity contribution in [1.82, 2.24) is 0 Å². The Balaban J connectivity index is 2.04. The molecule has 0 fully saturated rings. The number of rotatable bonds is 5. The molecule has 0 bridgehead atoms. The van der Waals surface area contributed by atoms with Crippen LogP contribution in [0, 0.1) is 25.5 Å². The van der Waals surface area contributed by atoms with Crippen LogP contribution in [0.5, 0.6) is 0 Å². The summed E-state index contributed by atoms with van der Waals surface area (Å²) in [5, 5.41) is 2.75. The highest BCUT2D eigenvalue weighted by Gasteiger charge is 2.17. The molecule has 0 aliphatic rings.